The minimum Gasteiger partial charge on any atom is -0.228 e. The minimum atomic E-state index is 0.126. The van der Waals surface area contributed by atoms with E-state index in [2.05, 4.69) is 285 Å². The molecule has 1 aliphatic rings. The number of aromatic nitrogens is 2. The molecule has 0 spiro atoms. The van der Waals surface area contributed by atoms with Gasteiger partial charge < -0.3 is 0 Å². The molecule has 0 fully saturated rings. The Bertz CT molecular complexity index is 3610. The van der Waals surface area contributed by atoms with E-state index in [0.29, 0.717) is 5.82 Å². The van der Waals surface area contributed by atoms with Crippen LogP contribution in [0.25, 0.3) is 112 Å². The van der Waals surface area contributed by atoms with Crippen LogP contribution >= 0.6 is 0 Å². The van der Waals surface area contributed by atoms with Gasteiger partial charge in [0.05, 0.1) is 11.4 Å². The average Bonchev–Trinajstić information content (AvgIpc) is 3.48. The van der Waals surface area contributed by atoms with Crippen LogP contribution in [-0.4, -0.2) is 9.97 Å². The molecule has 1 atom stereocenters. The van der Waals surface area contributed by atoms with Crippen molar-refractivity contribution in [3.05, 3.63) is 291 Å². The van der Waals surface area contributed by atoms with Crippen LogP contribution in [0.1, 0.15) is 17.9 Å². The van der Waals surface area contributed by atoms with Crippen molar-refractivity contribution in [3.63, 3.8) is 0 Å². The summed E-state index contributed by atoms with van der Waals surface area (Å²) in [5.74, 6) is 0.793. The lowest BCUT2D eigenvalue weighted by Gasteiger charge is -2.31. The van der Waals surface area contributed by atoms with Crippen LogP contribution in [0.15, 0.2) is 285 Å². The quantitative estimate of drug-likeness (QED) is 0.129. The van der Waals surface area contributed by atoms with E-state index in [1.807, 2.05) is 0 Å². The van der Waals surface area contributed by atoms with Gasteiger partial charge in [0, 0.05) is 22.6 Å². The molecule has 1 unspecified atom stereocenters. The summed E-state index contributed by atoms with van der Waals surface area (Å²) >= 11 is 0. The van der Waals surface area contributed by atoms with E-state index < -0.39 is 0 Å². The number of hydrogen-bond donors (Lipinski definition) is 0. The summed E-state index contributed by atoms with van der Waals surface area (Å²) in [4.78, 5) is 10.8. The summed E-state index contributed by atoms with van der Waals surface area (Å²) in [6.07, 6.45) is 10.0. The lowest BCUT2D eigenvalue weighted by molar-refractivity contribution is 0.858. The number of hydrogen-bond acceptors (Lipinski definition) is 2. The lowest BCUT2D eigenvalue weighted by Crippen LogP contribution is -2.08. The van der Waals surface area contributed by atoms with Crippen LogP contribution < -0.4 is 0 Å². The molecule has 0 bridgehead atoms. The first-order chi connectivity index (χ1) is 35.7. The molecule has 2 heteroatoms. The van der Waals surface area contributed by atoms with Crippen LogP contribution in [0.5, 0.6) is 0 Å². The van der Waals surface area contributed by atoms with Gasteiger partial charge in [-0.15, -0.1) is 0 Å². The van der Waals surface area contributed by atoms with Crippen molar-refractivity contribution in [3.8, 4) is 112 Å². The monoisotopic (exact) mass is 918 g/mol. The molecule has 0 radical (unpaired) electrons. The molecule has 0 N–H and O–H groups in total. The molecule has 0 amide bonds. The summed E-state index contributed by atoms with van der Waals surface area (Å²) in [7, 11) is 0. The molecule has 1 aliphatic carbocycles. The van der Waals surface area contributed by atoms with Gasteiger partial charge in [-0.2, -0.15) is 0 Å². The first-order valence-corrected chi connectivity index (χ1v) is 24.8. The third kappa shape index (κ3) is 8.83. The number of benzene rings is 10. The maximum atomic E-state index is 5.40. The maximum Gasteiger partial charge on any atom is 0.160 e. The average molecular weight is 919 g/mol. The van der Waals surface area contributed by atoms with Gasteiger partial charge in [-0.25, -0.2) is 9.97 Å². The van der Waals surface area contributed by atoms with Crippen LogP contribution in [0.3, 0.4) is 0 Å². The molecule has 0 aliphatic heterocycles. The van der Waals surface area contributed by atoms with E-state index in [-0.39, 0.29) is 5.92 Å². The van der Waals surface area contributed by atoms with E-state index in [1.54, 1.807) is 0 Å². The van der Waals surface area contributed by atoms with Gasteiger partial charge in [0.1, 0.15) is 0 Å². The van der Waals surface area contributed by atoms with Gasteiger partial charge in [0.15, 0.2) is 5.82 Å². The van der Waals surface area contributed by atoms with Gasteiger partial charge in [-0.05, 0) is 108 Å². The molecular formula is C70H50N2. The summed E-state index contributed by atoms with van der Waals surface area (Å²) in [5, 5.41) is 0. The second-order valence-electron chi connectivity index (χ2n) is 18.3. The van der Waals surface area contributed by atoms with Crippen molar-refractivity contribution in [1.82, 2.24) is 9.97 Å². The highest BCUT2D eigenvalue weighted by molar-refractivity contribution is 6.10. The zero-order valence-electron chi connectivity index (χ0n) is 39.8. The van der Waals surface area contributed by atoms with Crippen molar-refractivity contribution >= 4 is 0 Å². The SMILES string of the molecule is C1=CCC(c2c(-c3ccccc3)c(-c3ccccc3)c(-c3ccccc3)c(-c3ccc(-c4nc(-c5cccc(-c6ccccc6)c5)cc(-c5cccc(-c6ccccc6)c5)n4)cc3)c2-c2ccccc2)C=C1. The van der Waals surface area contributed by atoms with Gasteiger partial charge in [-0.1, -0.05) is 267 Å². The first-order valence-electron chi connectivity index (χ1n) is 24.8. The Balaban J connectivity index is 1.11. The highest BCUT2D eigenvalue weighted by Crippen LogP contribution is 2.55. The molecule has 11 aromatic rings. The van der Waals surface area contributed by atoms with Crippen LogP contribution in [0, 0.1) is 0 Å². The van der Waals surface area contributed by atoms with Crippen LogP contribution in [0.2, 0.25) is 0 Å². The second-order valence-corrected chi connectivity index (χ2v) is 18.3. The Labute approximate surface area is 422 Å². The van der Waals surface area contributed by atoms with Crippen LogP contribution in [0.4, 0.5) is 0 Å². The first kappa shape index (κ1) is 44.0. The van der Waals surface area contributed by atoms with E-state index in [1.165, 1.54) is 50.1 Å². The predicted octanol–water partition coefficient (Wildman–Crippen LogP) is 18.7. The van der Waals surface area contributed by atoms with Gasteiger partial charge in [0.25, 0.3) is 0 Å². The largest absolute Gasteiger partial charge is 0.228 e. The Kier molecular flexibility index (Phi) is 12.2. The zero-order chi connectivity index (χ0) is 48.1. The van der Waals surface area contributed by atoms with E-state index in [9.17, 15) is 0 Å². The third-order valence-corrected chi connectivity index (χ3v) is 13.8. The summed E-state index contributed by atoms with van der Waals surface area (Å²) in [6.45, 7) is 0. The number of nitrogens with zero attached hydrogens (tertiary/aromatic N) is 2. The second kappa shape index (κ2) is 20.0. The molecule has 0 saturated carbocycles. The fraction of sp³-hybridized carbons (Fsp3) is 0.0286. The van der Waals surface area contributed by atoms with Crippen LogP contribution in [-0.2, 0) is 0 Å². The minimum absolute atomic E-state index is 0.126. The highest BCUT2D eigenvalue weighted by Gasteiger charge is 2.31. The van der Waals surface area contributed by atoms with Crippen molar-refractivity contribution in [2.45, 2.75) is 12.3 Å². The normalized spacial score (nSPS) is 13.0. The number of rotatable bonds is 11. The Hall–Kier alpha value is -9.24. The van der Waals surface area contributed by atoms with Gasteiger partial charge >= 0.3 is 0 Å². The van der Waals surface area contributed by atoms with E-state index in [0.717, 1.165) is 67.9 Å². The predicted molar refractivity (Wildman–Crippen MR) is 302 cm³/mol. The molecule has 340 valence electrons. The highest BCUT2D eigenvalue weighted by atomic mass is 14.9. The Morgan fingerprint density at radius 2 is 0.597 bits per heavy atom. The van der Waals surface area contributed by atoms with E-state index >= 15 is 0 Å². The Morgan fingerprint density at radius 3 is 1.00 bits per heavy atom. The van der Waals surface area contributed by atoms with Gasteiger partial charge in [-0.3, -0.25) is 0 Å². The molecule has 0 saturated heterocycles. The van der Waals surface area contributed by atoms with Gasteiger partial charge in [0.2, 0.25) is 0 Å². The third-order valence-electron chi connectivity index (χ3n) is 13.8. The number of allylic oxidation sites excluding steroid dienone is 4. The molecule has 72 heavy (non-hydrogen) atoms. The lowest BCUT2D eigenvalue weighted by atomic mass is 9.72. The standard InChI is InChI=1S/C70H50N2/c1-8-24-49(25-9-1)58-38-22-40-60(46-58)62-48-63(61-41-23-39-59(47-61)50-26-10-2-11-27-50)72-70(71-62)57-44-42-56(43-45-57)69-67(54-34-18-6-19-35-54)65(52-30-14-4-15-31-52)64(51-28-12-3-13-29-51)66(53-32-16-5-17-33-53)68(69)55-36-20-7-21-37-55/h1-32,34-48,53H,33H2. The van der Waals surface area contributed by atoms with Crippen molar-refractivity contribution < 1.29 is 0 Å². The van der Waals surface area contributed by atoms with E-state index in [4.69, 9.17) is 9.97 Å². The maximum absolute atomic E-state index is 5.40. The molecular weight excluding hydrogens is 869 g/mol. The zero-order valence-corrected chi connectivity index (χ0v) is 39.8. The summed E-state index contributed by atoms with van der Waals surface area (Å²) < 4.78 is 0. The van der Waals surface area contributed by atoms with Crippen molar-refractivity contribution in [2.24, 2.45) is 0 Å². The Morgan fingerprint density at radius 1 is 0.264 bits per heavy atom. The van der Waals surface area contributed by atoms with Crippen molar-refractivity contribution in [2.75, 3.05) is 0 Å². The molecule has 1 heterocycles. The fourth-order valence-corrected chi connectivity index (χ4v) is 10.5. The summed E-state index contributed by atoms with van der Waals surface area (Å²) in [6, 6.07) is 93.6. The fourth-order valence-electron chi connectivity index (χ4n) is 10.5. The topological polar surface area (TPSA) is 25.8 Å². The molecule has 12 rings (SSSR count). The smallest absolute Gasteiger partial charge is 0.160 e. The molecule has 10 aromatic carbocycles. The molecule has 2 nitrogen and oxygen atoms in total. The van der Waals surface area contributed by atoms with Crippen molar-refractivity contribution in [1.29, 1.82) is 0 Å². The summed E-state index contributed by atoms with van der Waals surface area (Å²) in [5.41, 5.74) is 22.6. The molecule has 1 aromatic heterocycles.